The van der Waals surface area contributed by atoms with Gasteiger partial charge in [-0.2, -0.15) is 5.26 Å². The molecule has 5 nitrogen and oxygen atoms in total. The number of nitrogens with one attached hydrogen (secondary N) is 1. The van der Waals surface area contributed by atoms with Crippen molar-refractivity contribution in [2.75, 3.05) is 11.9 Å². The zero-order chi connectivity index (χ0) is 14.4. The van der Waals surface area contributed by atoms with E-state index in [0.717, 1.165) is 17.8 Å². The number of carboxylic acids is 1. The summed E-state index contributed by atoms with van der Waals surface area (Å²) in [7, 11) is 0. The van der Waals surface area contributed by atoms with Crippen molar-refractivity contribution in [1.29, 1.82) is 5.26 Å². The fraction of sp³-hybridized carbons (Fsp3) is 0.500. The maximum Gasteiger partial charge on any atom is 0.306 e. The summed E-state index contributed by atoms with van der Waals surface area (Å²) < 4.78 is 0. The van der Waals surface area contributed by atoms with E-state index in [1.807, 2.05) is 19.9 Å². The number of rotatable bonds is 6. The van der Waals surface area contributed by atoms with Gasteiger partial charge in [-0.3, -0.25) is 9.78 Å². The maximum absolute atomic E-state index is 10.7. The standard InChI is InChI=1S/C14H19N3O2/c1-9(14(18)19)5-4-6-16-13-7-10(2)17-11(3)12(13)8-15/h7,9H,4-6H2,1-3H3,(H,16,17)(H,18,19). The molecular formula is C14H19N3O2. The van der Waals surface area contributed by atoms with E-state index in [9.17, 15) is 4.79 Å². The molecule has 0 aliphatic carbocycles. The first kappa shape index (κ1) is 15.0. The highest BCUT2D eigenvalue weighted by Crippen LogP contribution is 2.18. The van der Waals surface area contributed by atoms with Crippen LogP contribution < -0.4 is 5.32 Å². The van der Waals surface area contributed by atoms with Gasteiger partial charge in [0, 0.05) is 12.2 Å². The van der Waals surface area contributed by atoms with Crippen molar-refractivity contribution in [3.05, 3.63) is 23.0 Å². The van der Waals surface area contributed by atoms with Crippen LogP contribution in [-0.2, 0) is 4.79 Å². The van der Waals surface area contributed by atoms with E-state index in [1.165, 1.54) is 0 Å². The van der Waals surface area contributed by atoms with E-state index in [1.54, 1.807) is 6.92 Å². The molecule has 0 aliphatic heterocycles. The lowest BCUT2D eigenvalue weighted by Gasteiger charge is -2.11. The first-order valence-corrected chi connectivity index (χ1v) is 6.30. The van der Waals surface area contributed by atoms with Gasteiger partial charge in [0.2, 0.25) is 0 Å². The molecule has 0 aromatic carbocycles. The van der Waals surface area contributed by atoms with Gasteiger partial charge in [-0.1, -0.05) is 6.92 Å². The second kappa shape index (κ2) is 6.74. The lowest BCUT2D eigenvalue weighted by atomic mass is 10.1. The Morgan fingerprint density at radius 3 is 2.84 bits per heavy atom. The van der Waals surface area contributed by atoms with Crippen molar-refractivity contribution >= 4 is 11.7 Å². The Bertz CT molecular complexity index is 506. The molecule has 0 saturated heterocycles. The summed E-state index contributed by atoms with van der Waals surface area (Å²) in [6, 6.07) is 3.98. The predicted molar refractivity (Wildman–Crippen MR) is 72.9 cm³/mol. The van der Waals surface area contributed by atoms with Gasteiger partial charge in [0.15, 0.2) is 0 Å². The van der Waals surface area contributed by atoms with Crippen LogP contribution in [0.5, 0.6) is 0 Å². The summed E-state index contributed by atoms with van der Waals surface area (Å²) in [6.45, 7) is 6.04. The number of carbonyl (C=O) groups is 1. The Labute approximate surface area is 113 Å². The van der Waals surface area contributed by atoms with Crippen LogP contribution in [0.1, 0.15) is 36.7 Å². The number of anilines is 1. The van der Waals surface area contributed by atoms with Gasteiger partial charge in [0.05, 0.1) is 22.9 Å². The van der Waals surface area contributed by atoms with Crippen molar-refractivity contribution in [1.82, 2.24) is 4.98 Å². The van der Waals surface area contributed by atoms with Gasteiger partial charge < -0.3 is 10.4 Å². The molecule has 0 spiro atoms. The van der Waals surface area contributed by atoms with Gasteiger partial charge in [0.1, 0.15) is 6.07 Å². The lowest BCUT2D eigenvalue weighted by Crippen LogP contribution is -2.12. The molecule has 2 N–H and O–H groups in total. The van der Waals surface area contributed by atoms with Crippen molar-refractivity contribution in [3.8, 4) is 6.07 Å². The number of aliphatic carboxylic acids is 1. The Morgan fingerprint density at radius 2 is 2.26 bits per heavy atom. The van der Waals surface area contributed by atoms with Crippen molar-refractivity contribution in [2.24, 2.45) is 5.92 Å². The molecule has 5 heteroatoms. The van der Waals surface area contributed by atoms with Gasteiger partial charge in [-0.15, -0.1) is 0 Å². The van der Waals surface area contributed by atoms with Crippen LogP contribution >= 0.6 is 0 Å². The van der Waals surface area contributed by atoms with Crippen molar-refractivity contribution < 1.29 is 9.90 Å². The quantitative estimate of drug-likeness (QED) is 0.768. The average Bonchev–Trinajstić information content (AvgIpc) is 2.33. The Morgan fingerprint density at radius 1 is 1.58 bits per heavy atom. The Balaban J connectivity index is 2.59. The van der Waals surface area contributed by atoms with Crippen LogP contribution in [0.25, 0.3) is 0 Å². The first-order valence-electron chi connectivity index (χ1n) is 6.30. The van der Waals surface area contributed by atoms with Crippen LogP contribution in [0.3, 0.4) is 0 Å². The van der Waals surface area contributed by atoms with Crippen molar-refractivity contribution in [2.45, 2.75) is 33.6 Å². The smallest absolute Gasteiger partial charge is 0.306 e. The van der Waals surface area contributed by atoms with Gasteiger partial charge in [-0.25, -0.2) is 0 Å². The third kappa shape index (κ3) is 4.25. The van der Waals surface area contributed by atoms with Crippen LogP contribution in [0.2, 0.25) is 0 Å². The molecule has 1 heterocycles. The molecule has 1 unspecified atom stereocenters. The van der Waals surface area contributed by atoms with Crippen LogP contribution in [-0.4, -0.2) is 22.6 Å². The Kier molecular flexibility index (Phi) is 5.31. The SMILES string of the molecule is Cc1cc(NCCCC(C)C(=O)O)c(C#N)c(C)n1. The summed E-state index contributed by atoms with van der Waals surface area (Å²) in [5.41, 5.74) is 2.90. The number of carboxylic acid groups (broad SMARTS) is 1. The van der Waals surface area contributed by atoms with E-state index >= 15 is 0 Å². The number of aryl methyl sites for hydroxylation is 2. The molecule has 0 saturated carbocycles. The molecule has 1 rings (SSSR count). The van der Waals surface area contributed by atoms with Crippen LogP contribution in [0, 0.1) is 31.1 Å². The third-order valence-corrected chi connectivity index (χ3v) is 2.99. The number of hydrogen-bond acceptors (Lipinski definition) is 4. The number of nitriles is 1. The van der Waals surface area contributed by atoms with E-state index in [4.69, 9.17) is 10.4 Å². The number of nitrogens with zero attached hydrogens (tertiary/aromatic N) is 2. The number of aromatic nitrogens is 1. The topological polar surface area (TPSA) is 86.0 Å². The van der Waals surface area contributed by atoms with E-state index in [0.29, 0.717) is 24.2 Å². The molecule has 1 aromatic heterocycles. The number of hydrogen-bond donors (Lipinski definition) is 2. The molecular weight excluding hydrogens is 242 g/mol. The Hall–Kier alpha value is -2.09. The minimum absolute atomic E-state index is 0.335. The fourth-order valence-electron chi connectivity index (χ4n) is 1.86. The highest BCUT2D eigenvalue weighted by molar-refractivity contribution is 5.69. The molecule has 102 valence electrons. The summed E-state index contributed by atoms with van der Waals surface area (Å²) in [5.74, 6) is -1.11. The van der Waals surface area contributed by atoms with Crippen LogP contribution in [0.15, 0.2) is 6.07 Å². The molecule has 0 fully saturated rings. The second-order valence-electron chi connectivity index (χ2n) is 4.69. The van der Waals surface area contributed by atoms with E-state index in [-0.39, 0.29) is 5.92 Å². The summed E-state index contributed by atoms with van der Waals surface area (Å²) in [4.78, 5) is 14.9. The first-order chi connectivity index (χ1) is 8.95. The van der Waals surface area contributed by atoms with Gasteiger partial charge >= 0.3 is 5.97 Å². The number of pyridine rings is 1. The zero-order valence-electron chi connectivity index (χ0n) is 11.5. The minimum Gasteiger partial charge on any atom is -0.481 e. The second-order valence-corrected chi connectivity index (χ2v) is 4.69. The highest BCUT2D eigenvalue weighted by atomic mass is 16.4. The molecule has 0 radical (unpaired) electrons. The average molecular weight is 261 g/mol. The normalized spacial score (nSPS) is 11.7. The predicted octanol–water partition coefficient (Wildman–Crippen LogP) is 2.48. The minimum atomic E-state index is -0.770. The zero-order valence-corrected chi connectivity index (χ0v) is 11.5. The third-order valence-electron chi connectivity index (χ3n) is 2.99. The molecule has 0 bridgehead atoms. The van der Waals surface area contributed by atoms with Gasteiger partial charge in [-0.05, 0) is 32.8 Å². The molecule has 1 aromatic rings. The molecule has 0 amide bonds. The van der Waals surface area contributed by atoms with E-state index in [2.05, 4.69) is 16.4 Å². The molecule has 19 heavy (non-hydrogen) atoms. The monoisotopic (exact) mass is 261 g/mol. The summed E-state index contributed by atoms with van der Waals surface area (Å²) in [5, 5.41) is 21.1. The summed E-state index contributed by atoms with van der Waals surface area (Å²) >= 11 is 0. The molecule has 0 aliphatic rings. The van der Waals surface area contributed by atoms with Crippen LogP contribution in [0.4, 0.5) is 5.69 Å². The lowest BCUT2D eigenvalue weighted by molar-refractivity contribution is -0.141. The maximum atomic E-state index is 10.7. The fourth-order valence-corrected chi connectivity index (χ4v) is 1.86. The van der Waals surface area contributed by atoms with Crippen molar-refractivity contribution in [3.63, 3.8) is 0 Å². The summed E-state index contributed by atoms with van der Waals surface area (Å²) in [6.07, 6.45) is 1.37. The van der Waals surface area contributed by atoms with Gasteiger partial charge in [0.25, 0.3) is 0 Å². The van der Waals surface area contributed by atoms with E-state index < -0.39 is 5.97 Å². The largest absolute Gasteiger partial charge is 0.481 e. The molecule has 1 atom stereocenters. The highest BCUT2D eigenvalue weighted by Gasteiger charge is 2.11.